The van der Waals surface area contributed by atoms with Gasteiger partial charge in [-0.1, -0.05) is 53.2 Å². The molecule has 0 atom stereocenters. The number of rotatable bonds is 5. The molecule has 0 aliphatic carbocycles. The topological polar surface area (TPSA) is 52.1 Å². The molecular formula is C18H17ClN2O2S2. The monoisotopic (exact) mass is 392 g/mol. The Hall–Kier alpha value is -1.63. The van der Waals surface area contributed by atoms with Crippen molar-refractivity contribution in [2.45, 2.75) is 31.7 Å². The summed E-state index contributed by atoms with van der Waals surface area (Å²) in [6.07, 6.45) is 0. The molecule has 0 unspecified atom stereocenters. The number of hydrogen-bond donors (Lipinski definition) is 0. The molecule has 3 aromatic rings. The fourth-order valence-corrected chi connectivity index (χ4v) is 4.71. The Bertz CT molecular complexity index is 923. The van der Waals surface area contributed by atoms with Gasteiger partial charge in [-0.2, -0.15) is 0 Å². The van der Waals surface area contributed by atoms with E-state index in [2.05, 4.69) is 41.2 Å². The van der Waals surface area contributed by atoms with E-state index < -0.39 is 0 Å². The second kappa shape index (κ2) is 7.72. The van der Waals surface area contributed by atoms with Crippen LogP contribution < -0.4 is 0 Å². The summed E-state index contributed by atoms with van der Waals surface area (Å²) in [5.74, 6) is 0.421. The first kappa shape index (κ1) is 18.2. The Morgan fingerprint density at radius 1 is 1.24 bits per heavy atom. The van der Waals surface area contributed by atoms with Crippen LogP contribution in [0.1, 0.15) is 33.3 Å². The van der Waals surface area contributed by atoms with Crippen molar-refractivity contribution in [3.63, 3.8) is 0 Å². The molecule has 7 heteroatoms. The summed E-state index contributed by atoms with van der Waals surface area (Å²) in [5, 5.41) is 1.71. The highest BCUT2D eigenvalue weighted by atomic mass is 35.5. The molecule has 0 fully saturated rings. The molecule has 0 aliphatic heterocycles. The number of halogens is 1. The van der Waals surface area contributed by atoms with E-state index in [1.165, 1.54) is 34.2 Å². The molecule has 0 N–H and O–H groups in total. The van der Waals surface area contributed by atoms with Gasteiger partial charge in [-0.15, -0.1) is 11.3 Å². The molecule has 25 heavy (non-hydrogen) atoms. The Balaban J connectivity index is 1.88. The van der Waals surface area contributed by atoms with Gasteiger partial charge in [-0.25, -0.2) is 14.8 Å². The van der Waals surface area contributed by atoms with Gasteiger partial charge >= 0.3 is 5.97 Å². The molecule has 4 nitrogen and oxygen atoms in total. The second-order valence-electron chi connectivity index (χ2n) is 5.53. The maximum atomic E-state index is 12.1. The zero-order valence-corrected chi connectivity index (χ0v) is 16.5. The Morgan fingerprint density at radius 3 is 2.64 bits per heavy atom. The third-order valence-corrected chi connectivity index (χ3v) is 6.03. The third kappa shape index (κ3) is 3.97. The van der Waals surface area contributed by atoms with Crippen LogP contribution in [0.3, 0.4) is 0 Å². The van der Waals surface area contributed by atoms with Gasteiger partial charge in [0.1, 0.15) is 14.9 Å². The van der Waals surface area contributed by atoms with Gasteiger partial charge in [0.25, 0.3) is 0 Å². The molecule has 0 saturated carbocycles. The molecule has 2 aromatic heterocycles. The molecule has 0 amide bonds. The molecule has 0 radical (unpaired) electrons. The summed E-state index contributed by atoms with van der Waals surface area (Å²) in [5.41, 5.74) is 3.21. The second-order valence-corrected chi connectivity index (χ2v) is 7.83. The largest absolute Gasteiger partial charge is 0.462 e. The number of benzene rings is 1. The van der Waals surface area contributed by atoms with Gasteiger partial charge in [-0.3, -0.25) is 0 Å². The van der Waals surface area contributed by atoms with Crippen LogP contribution in [-0.2, 0) is 10.5 Å². The number of ether oxygens (including phenoxy) is 1. The maximum absolute atomic E-state index is 12.1. The lowest BCUT2D eigenvalue weighted by atomic mass is 10.2. The molecule has 130 valence electrons. The lowest BCUT2D eigenvalue weighted by Crippen LogP contribution is -2.03. The van der Waals surface area contributed by atoms with Crippen molar-refractivity contribution in [1.82, 2.24) is 9.97 Å². The van der Waals surface area contributed by atoms with Crippen LogP contribution in [0.4, 0.5) is 0 Å². The first-order valence-corrected chi connectivity index (χ1v) is 9.99. The fraction of sp³-hybridized carbons (Fsp3) is 0.278. The van der Waals surface area contributed by atoms with Crippen LogP contribution in [-0.4, -0.2) is 22.5 Å². The number of fused-ring (bicyclic) bond motifs is 1. The van der Waals surface area contributed by atoms with E-state index in [0.717, 1.165) is 16.7 Å². The number of aromatic nitrogens is 2. The minimum absolute atomic E-state index is 0.337. The van der Waals surface area contributed by atoms with Crippen molar-refractivity contribution in [3.8, 4) is 0 Å². The van der Waals surface area contributed by atoms with Crippen molar-refractivity contribution in [1.29, 1.82) is 0 Å². The highest BCUT2D eigenvalue weighted by Crippen LogP contribution is 2.35. The summed E-state index contributed by atoms with van der Waals surface area (Å²) in [7, 11) is 0. The number of carbonyl (C=O) groups excluding carboxylic acids is 1. The summed E-state index contributed by atoms with van der Waals surface area (Å²) in [4.78, 5) is 22.3. The van der Waals surface area contributed by atoms with Crippen LogP contribution >= 0.6 is 34.7 Å². The fourth-order valence-electron chi connectivity index (χ4n) is 2.36. The molecule has 3 rings (SSSR count). The summed E-state index contributed by atoms with van der Waals surface area (Å²) >= 11 is 9.18. The number of nitrogens with zero attached hydrogens (tertiary/aromatic N) is 2. The van der Waals surface area contributed by atoms with Crippen LogP contribution in [0.15, 0.2) is 29.4 Å². The van der Waals surface area contributed by atoms with Crippen LogP contribution in [0, 0.1) is 13.8 Å². The minimum atomic E-state index is -0.340. The average Bonchev–Trinajstić information content (AvgIpc) is 2.92. The molecule has 0 aliphatic rings. The molecule has 1 aromatic carbocycles. The number of aryl methyl sites for hydroxylation is 2. The van der Waals surface area contributed by atoms with Gasteiger partial charge in [0.05, 0.1) is 12.0 Å². The number of esters is 1. The van der Waals surface area contributed by atoms with E-state index in [1.807, 2.05) is 6.92 Å². The van der Waals surface area contributed by atoms with Crippen LogP contribution in [0.5, 0.6) is 0 Å². The van der Waals surface area contributed by atoms with Crippen molar-refractivity contribution >= 4 is 50.9 Å². The van der Waals surface area contributed by atoms with Crippen molar-refractivity contribution in [2.24, 2.45) is 0 Å². The standard InChI is InChI=1S/C18H17ClN2O2S2/c1-4-23-17(22)14-11(3)13-15(19)20-18(21-16(13)25-14)24-9-12-7-5-10(2)6-8-12/h5-8H,4,9H2,1-3H3. The molecule has 2 heterocycles. The summed E-state index contributed by atoms with van der Waals surface area (Å²) in [6.45, 7) is 6.03. The zero-order valence-electron chi connectivity index (χ0n) is 14.1. The van der Waals surface area contributed by atoms with E-state index in [1.54, 1.807) is 6.92 Å². The minimum Gasteiger partial charge on any atom is -0.462 e. The lowest BCUT2D eigenvalue weighted by Gasteiger charge is -2.03. The lowest BCUT2D eigenvalue weighted by molar-refractivity contribution is 0.0531. The zero-order chi connectivity index (χ0) is 18.0. The van der Waals surface area contributed by atoms with Crippen LogP contribution in [0.2, 0.25) is 5.15 Å². The van der Waals surface area contributed by atoms with E-state index >= 15 is 0 Å². The molecule has 0 spiro atoms. The van der Waals surface area contributed by atoms with Gasteiger partial charge in [0, 0.05) is 5.75 Å². The first-order chi connectivity index (χ1) is 12.0. The summed E-state index contributed by atoms with van der Waals surface area (Å²) < 4.78 is 5.10. The van der Waals surface area contributed by atoms with Gasteiger partial charge in [0.2, 0.25) is 0 Å². The van der Waals surface area contributed by atoms with Crippen molar-refractivity contribution < 1.29 is 9.53 Å². The SMILES string of the molecule is CCOC(=O)c1sc2nc(SCc3ccc(C)cc3)nc(Cl)c2c1C. The average molecular weight is 393 g/mol. The Morgan fingerprint density at radius 2 is 1.96 bits per heavy atom. The van der Waals surface area contributed by atoms with E-state index in [9.17, 15) is 4.79 Å². The maximum Gasteiger partial charge on any atom is 0.348 e. The van der Waals surface area contributed by atoms with E-state index in [-0.39, 0.29) is 5.97 Å². The number of hydrogen-bond acceptors (Lipinski definition) is 6. The normalized spacial score (nSPS) is 11.0. The van der Waals surface area contributed by atoms with Gasteiger partial charge in [-0.05, 0) is 31.9 Å². The third-order valence-electron chi connectivity index (χ3n) is 3.67. The van der Waals surface area contributed by atoms with E-state index in [4.69, 9.17) is 16.3 Å². The Labute approximate surface area is 159 Å². The quantitative estimate of drug-likeness (QED) is 0.251. The molecule has 0 bridgehead atoms. The predicted molar refractivity (Wildman–Crippen MR) is 104 cm³/mol. The van der Waals surface area contributed by atoms with Crippen molar-refractivity contribution in [2.75, 3.05) is 6.61 Å². The van der Waals surface area contributed by atoms with Crippen LogP contribution in [0.25, 0.3) is 10.2 Å². The predicted octanol–water partition coefficient (Wildman–Crippen LogP) is 5.43. The van der Waals surface area contributed by atoms with Gasteiger partial charge < -0.3 is 4.74 Å². The highest BCUT2D eigenvalue weighted by Gasteiger charge is 2.20. The smallest absolute Gasteiger partial charge is 0.348 e. The van der Waals surface area contributed by atoms with Crippen molar-refractivity contribution in [3.05, 3.63) is 51.0 Å². The molecular weight excluding hydrogens is 376 g/mol. The summed E-state index contributed by atoms with van der Waals surface area (Å²) in [6, 6.07) is 8.36. The highest BCUT2D eigenvalue weighted by molar-refractivity contribution is 7.98. The van der Waals surface area contributed by atoms with Gasteiger partial charge in [0.15, 0.2) is 5.16 Å². The van der Waals surface area contributed by atoms with E-state index in [0.29, 0.717) is 26.6 Å². The Kier molecular flexibility index (Phi) is 5.61. The first-order valence-electron chi connectivity index (χ1n) is 7.81. The molecule has 0 saturated heterocycles. The number of carbonyl (C=O) groups is 1. The number of thiophene rings is 1. The number of thioether (sulfide) groups is 1.